The van der Waals surface area contributed by atoms with Gasteiger partial charge in [0, 0.05) is 0 Å². The molecule has 0 aromatic carbocycles. The maximum absolute atomic E-state index is 7.47. The molecular weight excluding hydrogens is 183 g/mol. The minimum atomic E-state index is -0.684. The van der Waals surface area contributed by atoms with Crippen molar-refractivity contribution < 1.29 is 21.8 Å². The number of azide groups is 1. The van der Waals surface area contributed by atoms with Gasteiger partial charge < -0.3 is 0 Å². The molecule has 0 rings (SSSR count). The van der Waals surface area contributed by atoms with Gasteiger partial charge in [-0.1, -0.05) is 0 Å². The topological polar surface area (TPSA) is 74.8 Å². The summed E-state index contributed by atoms with van der Waals surface area (Å²) in [4.78, 5) is 2.40. The van der Waals surface area contributed by atoms with Crippen molar-refractivity contribution in [1.82, 2.24) is 0 Å². The van der Waals surface area contributed by atoms with Crippen LogP contribution in [-0.4, -0.2) is 0 Å². The van der Waals surface area contributed by atoms with Crippen molar-refractivity contribution in [3.05, 3.63) is 10.4 Å². The molecule has 4 nitrogen and oxygen atoms in total. The molecule has 0 atom stereocenters. The fraction of sp³-hybridized carbons (Fsp3) is 0. The molecule has 30 valence electrons. The quantitative estimate of drug-likeness (QED) is 0.154. The summed E-state index contributed by atoms with van der Waals surface area (Å²) < 4.78 is 7.87. The molecule has 0 aromatic rings. The van der Waals surface area contributed by atoms with Crippen LogP contribution in [0, 0.1) is 0 Å². The average Bonchev–Trinajstić information content (AvgIpc) is 1.41. The molecule has 5 heteroatoms. The summed E-state index contributed by atoms with van der Waals surface area (Å²) in [6.07, 6.45) is 0. The van der Waals surface area contributed by atoms with Gasteiger partial charge in [-0.25, -0.2) is 0 Å². The number of halogens is 1. The van der Waals surface area contributed by atoms with Crippen LogP contribution in [0.5, 0.6) is 0 Å². The Morgan fingerprint density at radius 3 is 2.60 bits per heavy atom. The fourth-order valence-electron chi connectivity index (χ4n) is 0.0195. The van der Waals surface area contributed by atoms with Crippen molar-refractivity contribution in [3.63, 3.8) is 0 Å². The summed E-state index contributed by atoms with van der Waals surface area (Å²) in [5.74, 6) is 0. The van der Waals surface area contributed by atoms with Crippen LogP contribution in [0.15, 0.2) is 3.33 Å². The molecule has 0 saturated heterocycles. The molecule has 0 saturated carbocycles. The Morgan fingerprint density at radius 1 is 2.00 bits per heavy atom. The van der Waals surface area contributed by atoms with Crippen LogP contribution in [0.2, 0.25) is 0 Å². The Balaban J connectivity index is 2.93. The molecule has 2 N–H and O–H groups in total. The maximum atomic E-state index is 7.47. The predicted octanol–water partition coefficient (Wildman–Crippen LogP) is -2.83. The van der Waals surface area contributed by atoms with Crippen molar-refractivity contribution in [1.29, 1.82) is 0 Å². The summed E-state index contributed by atoms with van der Waals surface area (Å²) in [6, 6.07) is 0. The third-order valence-electron chi connectivity index (χ3n) is 0.0774. The molecule has 0 radical (unpaired) electrons. The summed E-state index contributed by atoms with van der Waals surface area (Å²) in [5, 5.41) is 0. The van der Waals surface area contributed by atoms with E-state index < -0.39 is 21.8 Å². The van der Waals surface area contributed by atoms with Gasteiger partial charge in [0.15, 0.2) is 0 Å². The van der Waals surface area contributed by atoms with Crippen molar-refractivity contribution >= 4 is 0 Å². The Labute approximate surface area is 39.9 Å². The van der Waals surface area contributed by atoms with Gasteiger partial charge in [0.25, 0.3) is 0 Å². The summed E-state index contributed by atoms with van der Waals surface area (Å²) >= 11 is -0.684. The van der Waals surface area contributed by atoms with Crippen molar-refractivity contribution in [2.24, 2.45) is 7.27 Å². The second-order valence-corrected chi connectivity index (χ2v) is 1.25. The number of nitrogens with two attached hydrogens (primary N) is 1. The zero-order valence-electron chi connectivity index (χ0n) is 2.30. The second-order valence-electron chi connectivity index (χ2n) is 0.263. The van der Waals surface area contributed by atoms with E-state index in [0.29, 0.717) is 0 Å². The van der Waals surface area contributed by atoms with Gasteiger partial charge in [-0.3, -0.25) is 0 Å². The van der Waals surface area contributed by atoms with E-state index in [-0.39, 0.29) is 0 Å². The van der Waals surface area contributed by atoms with Gasteiger partial charge in [0.1, 0.15) is 0 Å². The summed E-state index contributed by atoms with van der Waals surface area (Å²) in [5.41, 5.74) is 7.47. The van der Waals surface area contributed by atoms with Gasteiger partial charge in [-0.2, -0.15) is 0 Å². The molecule has 0 bridgehead atoms. The third kappa shape index (κ3) is 4.00. The van der Waals surface area contributed by atoms with Crippen LogP contribution in [-0.2, 0) is 0 Å². The molecule has 0 aromatic heterocycles. The van der Waals surface area contributed by atoms with E-state index in [0.717, 1.165) is 0 Å². The minimum absolute atomic E-state index is 0.684. The van der Waals surface area contributed by atoms with E-state index in [4.69, 9.17) is 9.48 Å². The normalized spacial score (nSPS) is 6.60. The zero-order valence-corrected chi connectivity index (χ0v) is 4.45. The van der Waals surface area contributed by atoms with Gasteiger partial charge in [0.05, 0.1) is 0 Å². The Bertz CT molecular complexity index is 50.7. The molecule has 0 aliphatic rings. The zero-order chi connectivity index (χ0) is 4.12. The molecule has 0 aliphatic carbocycles. The number of hydrogen-bond acceptors (Lipinski definition) is 2. The Kier molecular flexibility index (Phi) is 4.00. The molecule has 5 heavy (non-hydrogen) atoms. The number of nitrogens with zero attached hydrogens (tertiary/aromatic N) is 3. The number of rotatable bonds is 1. The van der Waals surface area contributed by atoms with E-state index in [1.165, 1.54) is 0 Å². The van der Waals surface area contributed by atoms with Crippen LogP contribution in [0.4, 0.5) is 0 Å². The first kappa shape index (κ1) is 5.00. The van der Waals surface area contributed by atoms with Crippen LogP contribution < -0.4 is 25.7 Å². The predicted molar refractivity (Wildman–Crippen MR) is 13.3 cm³/mol. The van der Waals surface area contributed by atoms with E-state index >= 15 is 0 Å². The monoisotopic (exact) mass is 185 g/mol. The average molecular weight is 185 g/mol. The summed E-state index contributed by atoms with van der Waals surface area (Å²) in [6.45, 7) is 0. The summed E-state index contributed by atoms with van der Waals surface area (Å²) in [7, 11) is 0. The van der Waals surface area contributed by atoms with E-state index in [1.54, 1.807) is 0 Å². The molecule has 0 amide bonds. The fourth-order valence-corrected chi connectivity index (χ4v) is 0.131. The second kappa shape index (κ2) is 4.00. The van der Waals surface area contributed by atoms with E-state index in [9.17, 15) is 0 Å². The van der Waals surface area contributed by atoms with Crippen LogP contribution in [0.3, 0.4) is 0 Å². The van der Waals surface area contributed by atoms with Gasteiger partial charge in [0.2, 0.25) is 0 Å². The van der Waals surface area contributed by atoms with Gasteiger partial charge >= 0.3 is 39.5 Å². The molecule has 0 spiro atoms. The number of hydrogen-bond donors (Lipinski definition) is 1. The van der Waals surface area contributed by atoms with Crippen LogP contribution >= 0.6 is 0 Å². The van der Waals surface area contributed by atoms with Gasteiger partial charge in [-0.15, -0.1) is 0 Å². The van der Waals surface area contributed by atoms with Gasteiger partial charge in [-0.05, 0) is 0 Å². The molecule has 0 unspecified atom stereocenters. The van der Waals surface area contributed by atoms with Crippen LogP contribution in [0.1, 0.15) is 0 Å². The third-order valence-corrected chi connectivity index (χ3v) is 0.520. The Hall–Kier alpha value is 0.0000000000000000347. The molecule has 0 aliphatic heterocycles. The first-order chi connectivity index (χ1) is 2.41. The standard InChI is InChI=1S/H2IN4/c2-1-4-5-3/h2H2/q-1. The first-order valence-electron chi connectivity index (χ1n) is 0.787. The molecule has 0 fully saturated rings. The molecule has 0 heterocycles. The van der Waals surface area contributed by atoms with Crippen molar-refractivity contribution in [2.45, 2.75) is 0 Å². The Morgan fingerprint density at radius 2 is 2.60 bits per heavy atom. The SMILES string of the molecule is [N-]=[N+]=N[I-]N. The van der Waals surface area contributed by atoms with E-state index in [1.807, 2.05) is 0 Å². The van der Waals surface area contributed by atoms with Crippen molar-refractivity contribution in [3.8, 4) is 0 Å². The van der Waals surface area contributed by atoms with Crippen LogP contribution in [0.25, 0.3) is 10.4 Å². The molecular formula is H2IN4-. The van der Waals surface area contributed by atoms with E-state index in [2.05, 4.69) is 8.24 Å². The first-order valence-corrected chi connectivity index (χ1v) is 3.00. The van der Waals surface area contributed by atoms with Crippen molar-refractivity contribution in [2.75, 3.05) is 0 Å².